The first-order valence-electron chi connectivity index (χ1n) is 5.16. The highest BCUT2D eigenvalue weighted by Crippen LogP contribution is 2.24. The number of aromatic amines is 1. The number of halogens is 2. The molecule has 0 bridgehead atoms. The lowest BCUT2D eigenvalue weighted by atomic mass is 10.2. The van der Waals surface area contributed by atoms with E-state index in [1.165, 1.54) is 18.2 Å². The lowest BCUT2D eigenvalue weighted by molar-refractivity contribution is 0.630. The molecule has 1 heterocycles. The summed E-state index contributed by atoms with van der Waals surface area (Å²) in [6.45, 7) is 1.87. The quantitative estimate of drug-likeness (QED) is 0.893. The van der Waals surface area contributed by atoms with Crippen molar-refractivity contribution < 1.29 is 4.39 Å². The molecule has 1 N–H and O–H groups in total. The molecule has 0 saturated heterocycles. The van der Waals surface area contributed by atoms with Crippen LogP contribution in [-0.2, 0) is 6.42 Å². The topological polar surface area (TPSA) is 45.8 Å². The van der Waals surface area contributed by atoms with Gasteiger partial charge in [-0.2, -0.15) is 0 Å². The molecule has 0 aliphatic carbocycles. The third kappa shape index (κ3) is 2.36. The van der Waals surface area contributed by atoms with E-state index < -0.39 is 5.82 Å². The number of hydrogen-bond acceptors (Lipinski definition) is 2. The fourth-order valence-corrected chi connectivity index (χ4v) is 1.68. The average molecular weight is 253 g/mol. The third-order valence-corrected chi connectivity index (χ3v) is 2.66. The zero-order valence-electron chi connectivity index (χ0n) is 9.13. The Hall–Kier alpha value is -1.68. The molecule has 1 aromatic heterocycles. The Morgan fingerprint density at radius 1 is 1.47 bits per heavy atom. The second-order valence-corrected chi connectivity index (χ2v) is 3.95. The van der Waals surface area contributed by atoms with Crippen molar-refractivity contribution in [2.75, 3.05) is 0 Å². The van der Waals surface area contributed by atoms with E-state index in [4.69, 9.17) is 11.6 Å². The summed E-state index contributed by atoms with van der Waals surface area (Å²) in [5, 5.41) is 0.00653. The van der Waals surface area contributed by atoms with Crippen LogP contribution in [0.5, 0.6) is 0 Å². The van der Waals surface area contributed by atoms with Crippen LogP contribution in [0.15, 0.2) is 29.1 Å². The van der Waals surface area contributed by atoms with Crippen molar-refractivity contribution in [1.82, 2.24) is 9.97 Å². The summed E-state index contributed by atoms with van der Waals surface area (Å²) in [5.41, 5.74) is 0.513. The summed E-state index contributed by atoms with van der Waals surface area (Å²) in [7, 11) is 0. The van der Waals surface area contributed by atoms with Gasteiger partial charge < -0.3 is 4.98 Å². The molecule has 0 radical (unpaired) electrons. The number of nitrogens with zero attached hydrogens (tertiary/aromatic N) is 1. The van der Waals surface area contributed by atoms with Crippen molar-refractivity contribution in [3.63, 3.8) is 0 Å². The highest BCUT2D eigenvalue weighted by atomic mass is 35.5. The summed E-state index contributed by atoms with van der Waals surface area (Å²) in [5.74, 6) is -0.375. The maximum absolute atomic E-state index is 13.8. The Balaban J connectivity index is 2.64. The lowest BCUT2D eigenvalue weighted by Gasteiger charge is -2.05. The summed E-state index contributed by atoms with van der Waals surface area (Å²) >= 11 is 5.68. The van der Waals surface area contributed by atoms with Gasteiger partial charge in [0.1, 0.15) is 5.82 Å². The van der Waals surface area contributed by atoms with Gasteiger partial charge in [-0.3, -0.25) is 4.79 Å². The van der Waals surface area contributed by atoms with Gasteiger partial charge in [-0.15, -0.1) is 0 Å². The minimum absolute atomic E-state index is 0.00653. The van der Waals surface area contributed by atoms with E-state index in [9.17, 15) is 9.18 Å². The molecule has 17 heavy (non-hydrogen) atoms. The molecule has 0 fully saturated rings. The first kappa shape index (κ1) is 11.8. The predicted octanol–water partition coefficient (Wildman–Crippen LogP) is 2.79. The third-order valence-electron chi connectivity index (χ3n) is 2.36. The van der Waals surface area contributed by atoms with Crippen LogP contribution in [0.2, 0.25) is 5.02 Å². The highest BCUT2D eigenvalue weighted by Gasteiger charge is 2.11. The lowest BCUT2D eigenvalue weighted by Crippen LogP contribution is -2.10. The van der Waals surface area contributed by atoms with Gasteiger partial charge in [0.2, 0.25) is 0 Å². The second-order valence-electron chi connectivity index (χ2n) is 3.54. The van der Waals surface area contributed by atoms with E-state index in [0.717, 1.165) is 0 Å². The van der Waals surface area contributed by atoms with Crippen LogP contribution < -0.4 is 5.56 Å². The van der Waals surface area contributed by atoms with E-state index in [1.54, 1.807) is 6.07 Å². The minimum Gasteiger partial charge on any atom is -0.306 e. The van der Waals surface area contributed by atoms with Crippen molar-refractivity contribution in [2.45, 2.75) is 13.3 Å². The average Bonchev–Trinajstić information content (AvgIpc) is 2.31. The van der Waals surface area contributed by atoms with Crippen LogP contribution in [0.4, 0.5) is 4.39 Å². The minimum atomic E-state index is -0.578. The zero-order chi connectivity index (χ0) is 12.4. The Morgan fingerprint density at radius 2 is 2.24 bits per heavy atom. The van der Waals surface area contributed by atoms with Crippen molar-refractivity contribution in [2.24, 2.45) is 0 Å². The van der Waals surface area contributed by atoms with Crippen molar-refractivity contribution in [3.8, 4) is 11.4 Å². The number of nitrogens with one attached hydrogen (secondary N) is 1. The van der Waals surface area contributed by atoms with Gasteiger partial charge in [0.05, 0.1) is 10.6 Å². The van der Waals surface area contributed by atoms with Crippen LogP contribution in [0.3, 0.4) is 0 Å². The fourth-order valence-electron chi connectivity index (χ4n) is 1.50. The first-order chi connectivity index (χ1) is 8.11. The molecule has 0 saturated carbocycles. The van der Waals surface area contributed by atoms with Gasteiger partial charge >= 0.3 is 0 Å². The number of hydrogen-bond donors (Lipinski definition) is 1. The van der Waals surface area contributed by atoms with E-state index in [1.807, 2.05) is 6.92 Å². The maximum atomic E-state index is 13.8. The molecule has 0 aliphatic rings. The van der Waals surface area contributed by atoms with Gasteiger partial charge in [-0.1, -0.05) is 24.6 Å². The van der Waals surface area contributed by atoms with E-state index in [0.29, 0.717) is 12.1 Å². The summed E-state index contributed by atoms with van der Waals surface area (Å²) in [6, 6.07) is 5.98. The molecule has 88 valence electrons. The second kappa shape index (κ2) is 4.67. The van der Waals surface area contributed by atoms with Crippen molar-refractivity contribution in [3.05, 3.63) is 51.2 Å². The molecule has 0 atom stereocenters. The monoisotopic (exact) mass is 252 g/mol. The molecule has 2 rings (SSSR count). The van der Waals surface area contributed by atoms with Crippen molar-refractivity contribution >= 4 is 11.6 Å². The molecular formula is C12H10ClFN2O. The van der Waals surface area contributed by atoms with Gasteiger partial charge in [0, 0.05) is 11.8 Å². The van der Waals surface area contributed by atoms with E-state index in [2.05, 4.69) is 9.97 Å². The largest absolute Gasteiger partial charge is 0.306 e. The van der Waals surface area contributed by atoms with Gasteiger partial charge in [0.25, 0.3) is 5.56 Å². The number of aryl methyl sites for hydroxylation is 1. The molecule has 3 nitrogen and oxygen atoms in total. The van der Waals surface area contributed by atoms with Gasteiger partial charge in [-0.05, 0) is 18.6 Å². The van der Waals surface area contributed by atoms with E-state index >= 15 is 0 Å². The Kier molecular flexibility index (Phi) is 3.24. The standard InChI is InChI=1S/C12H10ClFN2O/c1-2-7-6-10(17)16-12(15-7)8-4-3-5-9(13)11(8)14/h3-6H,2H2,1H3,(H,15,16,17). The van der Waals surface area contributed by atoms with Crippen LogP contribution in [0.25, 0.3) is 11.4 Å². The molecular weight excluding hydrogens is 243 g/mol. The van der Waals surface area contributed by atoms with Crippen LogP contribution >= 0.6 is 11.6 Å². The van der Waals surface area contributed by atoms with E-state index in [-0.39, 0.29) is 22.0 Å². The molecule has 2 aromatic rings. The van der Waals surface area contributed by atoms with Crippen LogP contribution in [0, 0.1) is 5.82 Å². The van der Waals surface area contributed by atoms with Crippen molar-refractivity contribution in [1.29, 1.82) is 0 Å². The number of H-pyrrole nitrogens is 1. The Bertz CT molecular complexity index is 610. The summed E-state index contributed by atoms with van der Waals surface area (Å²) in [6.07, 6.45) is 0.610. The fraction of sp³-hybridized carbons (Fsp3) is 0.167. The number of aromatic nitrogens is 2. The van der Waals surface area contributed by atoms with Crippen LogP contribution in [-0.4, -0.2) is 9.97 Å². The molecule has 0 unspecified atom stereocenters. The summed E-state index contributed by atoms with van der Waals surface area (Å²) < 4.78 is 13.8. The molecule has 0 aliphatic heterocycles. The van der Waals surface area contributed by atoms with Crippen LogP contribution in [0.1, 0.15) is 12.6 Å². The first-order valence-corrected chi connectivity index (χ1v) is 5.54. The molecule has 5 heteroatoms. The van der Waals surface area contributed by atoms with Gasteiger partial charge in [-0.25, -0.2) is 9.37 Å². The molecule has 0 spiro atoms. The molecule has 0 amide bonds. The number of rotatable bonds is 2. The Labute approximate surface area is 102 Å². The van der Waals surface area contributed by atoms with Gasteiger partial charge in [0.15, 0.2) is 5.82 Å². The SMILES string of the molecule is CCc1cc(=O)[nH]c(-c2cccc(Cl)c2F)n1. The zero-order valence-corrected chi connectivity index (χ0v) is 9.88. The summed E-state index contributed by atoms with van der Waals surface area (Å²) in [4.78, 5) is 18.1. The highest BCUT2D eigenvalue weighted by molar-refractivity contribution is 6.31. The Morgan fingerprint density at radius 3 is 2.94 bits per heavy atom. The molecule has 1 aromatic carbocycles. The maximum Gasteiger partial charge on any atom is 0.251 e. The number of benzene rings is 1. The predicted molar refractivity (Wildman–Crippen MR) is 64.6 cm³/mol. The normalized spacial score (nSPS) is 10.5. The smallest absolute Gasteiger partial charge is 0.251 e.